The van der Waals surface area contributed by atoms with E-state index in [9.17, 15) is 9.90 Å². The van der Waals surface area contributed by atoms with Crippen LogP contribution in [0.4, 0.5) is 5.69 Å². The molecule has 3 heterocycles. The quantitative estimate of drug-likeness (QED) is 0.240. The highest BCUT2D eigenvalue weighted by Gasteiger charge is 2.13. The van der Waals surface area contributed by atoms with Gasteiger partial charge in [-0.05, 0) is 61.5 Å². The number of benzene rings is 2. The number of fused-ring (bicyclic) bond motifs is 3. The molecule has 0 radical (unpaired) electrons. The third kappa shape index (κ3) is 4.47. The first kappa shape index (κ1) is 22.3. The molecule has 6 nitrogen and oxygen atoms in total. The fourth-order valence-corrected chi connectivity index (χ4v) is 5.37. The predicted molar refractivity (Wildman–Crippen MR) is 133 cm³/mol. The molecule has 0 bridgehead atoms. The number of aromatic nitrogens is 1. The van der Waals surface area contributed by atoms with Gasteiger partial charge in [-0.2, -0.15) is 0 Å². The summed E-state index contributed by atoms with van der Waals surface area (Å²) in [5.41, 5.74) is 4.55. The number of nitrogens with zero attached hydrogens (tertiary/aromatic N) is 2. The number of thiazole rings is 1. The van der Waals surface area contributed by atoms with Gasteiger partial charge in [0.25, 0.3) is 0 Å². The molecule has 2 aromatic carbocycles. The second kappa shape index (κ2) is 9.40. The van der Waals surface area contributed by atoms with Crippen LogP contribution in [0.2, 0.25) is 0 Å². The van der Waals surface area contributed by atoms with E-state index in [1.54, 1.807) is 10.6 Å². The molecule has 1 aliphatic heterocycles. The number of carboxylic acids is 1. The van der Waals surface area contributed by atoms with Crippen LogP contribution in [-0.2, 0) is 11.3 Å². The first-order chi connectivity index (χ1) is 16.5. The van der Waals surface area contributed by atoms with Crippen LogP contribution < -0.4 is 10.8 Å². The predicted octanol–water partition coefficient (Wildman–Crippen LogP) is 5.27. The molecule has 0 aliphatic carbocycles. The molecular formula is C26H22N2O4S2. The van der Waals surface area contributed by atoms with Crippen molar-refractivity contribution in [2.45, 2.75) is 32.2 Å². The van der Waals surface area contributed by atoms with E-state index in [1.165, 1.54) is 11.3 Å². The Morgan fingerprint density at radius 2 is 1.94 bits per heavy atom. The number of aromatic hydroxyl groups is 1. The summed E-state index contributed by atoms with van der Waals surface area (Å²) >= 11 is 6.75. The summed E-state index contributed by atoms with van der Waals surface area (Å²) in [6.45, 7) is 0.555. The molecule has 0 spiro atoms. The fraction of sp³-hybridized carbons (Fsp3) is 0.192. The second-order valence-electron chi connectivity index (χ2n) is 8.12. The van der Waals surface area contributed by atoms with Crippen molar-refractivity contribution in [2.24, 2.45) is 4.99 Å². The third-order valence-corrected chi connectivity index (χ3v) is 7.17. The van der Waals surface area contributed by atoms with E-state index in [2.05, 4.69) is 17.1 Å². The molecule has 0 amide bonds. The zero-order chi connectivity index (χ0) is 23.7. The highest BCUT2D eigenvalue weighted by Crippen LogP contribution is 2.32. The Morgan fingerprint density at radius 3 is 2.79 bits per heavy atom. The van der Waals surface area contributed by atoms with Gasteiger partial charge in [-0.3, -0.25) is 9.36 Å². The van der Waals surface area contributed by atoms with Crippen LogP contribution in [0.5, 0.6) is 5.88 Å². The Morgan fingerprint density at radius 1 is 1.09 bits per heavy atom. The lowest BCUT2D eigenvalue weighted by Crippen LogP contribution is -1.99. The summed E-state index contributed by atoms with van der Waals surface area (Å²) in [5, 5.41) is 21.3. The Hall–Kier alpha value is -3.49. The van der Waals surface area contributed by atoms with E-state index in [0.717, 1.165) is 45.6 Å². The molecule has 0 fully saturated rings. The van der Waals surface area contributed by atoms with Gasteiger partial charge < -0.3 is 14.6 Å². The van der Waals surface area contributed by atoms with Gasteiger partial charge in [-0.15, -0.1) is 11.3 Å². The first-order valence-corrected chi connectivity index (χ1v) is 12.3. The van der Waals surface area contributed by atoms with Crippen molar-refractivity contribution in [1.82, 2.24) is 4.57 Å². The molecule has 34 heavy (non-hydrogen) atoms. The van der Waals surface area contributed by atoms with Crippen LogP contribution in [0.25, 0.3) is 17.2 Å². The van der Waals surface area contributed by atoms with E-state index >= 15 is 0 Å². The average molecular weight is 491 g/mol. The van der Waals surface area contributed by atoms with Gasteiger partial charge >= 0.3 is 5.97 Å². The Bertz CT molecular complexity index is 1660. The van der Waals surface area contributed by atoms with Crippen molar-refractivity contribution < 1.29 is 19.4 Å². The molecule has 0 atom stereocenters. The molecule has 4 aromatic rings. The maximum Gasteiger partial charge on any atom is 0.303 e. The molecule has 1 aliphatic rings. The maximum absolute atomic E-state index is 10.7. The molecule has 5 rings (SSSR count). The minimum Gasteiger partial charge on any atom is -0.493 e. The summed E-state index contributed by atoms with van der Waals surface area (Å²) in [6.07, 6.45) is 4.08. The minimum atomic E-state index is -0.788. The number of aliphatic carboxylic acids is 1. The van der Waals surface area contributed by atoms with Gasteiger partial charge in [0, 0.05) is 35.4 Å². The summed E-state index contributed by atoms with van der Waals surface area (Å²) in [6, 6.07) is 18.0. The van der Waals surface area contributed by atoms with Gasteiger partial charge in [-0.25, -0.2) is 4.99 Å². The summed E-state index contributed by atoms with van der Waals surface area (Å²) < 4.78 is 8.34. The van der Waals surface area contributed by atoms with Crippen molar-refractivity contribution >= 4 is 41.3 Å². The van der Waals surface area contributed by atoms with Gasteiger partial charge in [0.05, 0.1) is 15.9 Å². The van der Waals surface area contributed by atoms with E-state index in [-0.39, 0.29) is 12.3 Å². The Kier molecular flexibility index (Phi) is 6.17. The summed E-state index contributed by atoms with van der Waals surface area (Å²) in [5.74, 6) is -0.675. The molecule has 2 aromatic heterocycles. The van der Waals surface area contributed by atoms with Crippen molar-refractivity contribution in [3.8, 4) is 17.0 Å². The lowest BCUT2D eigenvalue weighted by molar-refractivity contribution is -0.137. The van der Waals surface area contributed by atoms with Gasteiger partial charge in [0.2, 0.25) is 5.88 Å². The number of unbranched alkanes of at least 4 members (excludes halogenated alkanes) is 2. The average Bonchev–Trinajstić information content (AvgIpc) is 3.50. The molecular weight excluding hydrogens is 468 g/mol. The lowest BCUT2D eigenvalue weighted by atomic mass is 10.1. The minimum absolute atomic E-state index is 0.113. The monoisotopic (exact) mass is 490 g/mol. The SMILES string of the molecule is O=C(O)CCCCCn1c(O)c(/C=c2\cc/c(=c3/ccc4c(c3)-c3ccccc3N=4)o2)sc1=S. The van der Waals surface area contributed by atoms with Crippen LogP contribution in [0.3, 0.4) is 0 Å². The van der Waals surface area contributed by atoms with Gasteiger partial charge in [-0.1, -0.05) is 24.6 Å². The fourth-order valence-electron chi connectivity index (χ4n) is 4.07. The number of rotatable bonds is 7. The van der Waals surface area contributed by atoms with Crippen LogP contribution in [0, 0.1) is 14.6 Å². The summed E-state index contributed by atoms with van der Waals surface area (Å²) in [4.78, 5) is 15.9. The number of hydrogen-bond donors (Lipinski definition) is 2. The van der Waals surface area contributed by atoms with E-state index in [4.69, 9.17) is 21.7 Å². The second-order valence-corrected chi connectivity index (χ2v) is 9.79. The maximum atomic E-state index is 10.7. The zero-order valence-corrected chi connectivity index (χ0v) is 19.9. The van der Waals surface area contributed by atoms with Gasteiger partial charge in [0.15, 0.2) is 3.95 Å². The molecule has 0 saturated heterocycles. The Labute approximate surface area is 204 Å². The number of hydrogen-bond acceptors (Lipinski definition) is 6. The van der Waals surface area contributed by atoms with Crippen molar-refractivity contribution in [1.29, 1.82) is 0 Å². The first-order valence-electron chi connectivity index (χ1n) is 11.0. The smallest absolute Gasteiger partial charge is 0.303 e. The molecule has 8 heteroatoms. The van der Waals surface area contributed by atoms with Crippen molar-refractivity contribution in [3.63, 3.8) is 0 Å². The number of para-hydroxylation sites is 1. The third-order valence-electron chi connectivity index (χ3n) is 5.78. The Balaban J connectivity index is 1.42. The standard InChI is InChI=1S/C26H22N2O4S2/c29-24(30)8-2-1-5-13-28-25(31)23(34-26(28)33)15-17-10-12-22(32-17)16-9-11-21-19(14-16)18-6-3-4-7-20(18)27-21/h3-4,6-7,9-12,14-15,31H,1-2,5,8,13H2,(H,29,30)/b17-15+,22-16+. The van der Waals surface area contributed by atoms with Crippen molar-refractivity contribution in [3.05, 3.63) is 84.8 Å². The van der Waals surface area contributed by atoms with Crippen LogP contribution >= 0.6 is 23.6 Å². The largest absolute Gasteiger partial charge is 0.493 e. The topological polar surface area (TPSA) is 88.0 Å². The highest BCUT2D eigenvalue weighted by atomic mass is 32.1. The number of furan rings is 1. The zero-order valence-electron chi connectivity index (χ0n) is 18.2. The van der Waals surface area contributed by atoms with Crippen LogP contribution in [0.1, 0.15) is 30.6 Å². The lowest BCUT2D eigenvalue weighted by Gasteiger charge is -2.04. The van der Waals surface area contributed by atoms with E-state index in [0.29, 0.717) is 27.2 Å². The van der Waals surface area contributed by atoms with Crippen LogP contribution in [-0.4, -0.2) is 20.7 Å². The van der Waals surface area contributed by atoms with E-state index in [1.807, 2.05) is 42.5 Å². The van der Waals surface area contributed by atoms with E-state index < -0.39 is 5.97 Å². The van der Waals surface area contributed by atoms with Gasteiger partial charge in [0.1, 0.15) is 10.8 Å². The molecule has 0 saturated carbocycles. The van der Waals surface area contributed by atoms with Crippen molar-refractivity contribution in [2.75, 3.05) is 0 Å². The molecule has 0 unspecified atom stereocenters. The molecule has 172 valence electrons. The normalized spacial score (nSPS) is 13.5. The number of carboxylic acid groups (broad SMARTS) is 1. The summed E-state index contributed by atoms with van der Waals surface area (Å²) in [7, 11) is 0. The number of carbonyl (C=O) groups is 1. The highest BCUT2D eigenvalue weighted by molar-refractivity contribution is 7.73. The van der Waals surface area contributed by atoms with Crippen LogP contribution in [0.15, 0.2) is 64.0 Å². The molecule has 2 N–H and O–H groups in total.